The molecule has 0 saturated carbocycles. The van der Waals surface area contributed by atoms with Crippen molar-refractivity contribution in [2.75, 3.05) is 33.0 Å². The molecule has 1 aromatic carbocycles. The minimum Gasteiger partial charge on any atom is -0.481 e. The predicted octanol–water partition coefficient (Wildman–Crippen LogP) is 4.75. The van der Waals surface area contributed by atoms with Crippen molar-refractivity contribution in [3.05, 3.63) is 23.8 Å². The van der Waals surface area contributed by atoms with Crippen LogP contribution in [-0.4, -0.2) is 65.8 Å². The second-order valence-electron chi connectivity index (χ2n) is 9.92. The van der Waals surface area contributed by atoms with Gasteiger partial charge in [-0.1, -0.05) is 53.0 Å². The number of hydrogen-bond acceptors (Lipinski definition) is 5. The van der Waals surface area contributed by atoms with Gasteiger partial charge in [-0.3, -0.25) is 14.5 Å². The van der Waals surface area contributed by atoms with Crippen molar-refractivity contribution >= 4 is 11.9 Å². The maximum Gasteiger partial charge on any atom is 0.308 e. The molecule has 34 heavy (non-hydrogen) atoms. The largest absolute Gasteiger partial charge is 0.481 e. The highest BCUT2D eigenvalue weighted by Gasteiger charge is 2.47. The summed E-state index contributed by atoms with van der Waals surface area (Å²) in [4.78, 5) is 30.1. The third-order valence-corrected chi connectivity index (χ3v) is 7.45. The minimum absolute atomic E-state index is 0.117. The molecule has 1 saturated heterocycles. The van der Waals surface area contributed by atoms with Gasteiger partial charge in [-0.2, -0.15) is 0 Å². The van der Waals surface area contributed by atoms with Crippen LogP contribution in [0.2, 0.25) is 0 Å². The number of aliphatic carboxylic acids is 1. The lowest BCUT2D eigenvalue weighted by Crippen LogP contribution is -2.45. The van der Waals surface area contributed by atoms with Gasteiger partial charge in [-0.15, -0.1) is 0 Å². The van der Waals surface area contributed by atoms with Gasteiger partial charge in [0.2, 0.25) is 12.7 Å². The lowest BCUT2D eigenvalue weighted by molar-refractivity contribution is -0.144. The zero-order valence-electron chi connectivity index (χ0n) is 21.3. The fourth-order valence-corrected chi connectivity index (χ4v) is 5.18. The van der Waals surface area contributed by atoms with E-state index in [1.807, 2.05) is 23.1 Å². The summed E-state index contributed by atoms with van der Waals surface area (Å²) in [5.74, 6) is 0.303. The molecule has 1 N–H and O–H groups in total. The summed E-state index contributed by atoms with van der Waals surface area (Å²) < 4.78 is 11.0. The summed E-state index contributed by atoms with van der Waals surface area (Å²) in [7, 11) is 0. The maximum atomic E-state index is 13.4. The van der Waals surface area contributed by atoms with E-state index in [4.69, 9.17) is 9.47 Å². The van der Waals surface area contributed by atoms with E-state index in [1.54, 1.807) is 0 Å². The van der Waals surface area contributed by atoms with Gasteiger partial charge >= 0.3 is 5.97 Å². The number of rotatable bonds is 13. The number of unbranched alkanes of at least 4 members (excludes halogenated alkanes) is 2. The van der Waals surface area contributed by atoms with Crippen molar-refractivity contribution in [3.8, 4) is 11.5 Å². The van der Waals surface area contributed by atoms with Crippen LogP contribution in [-0.2, 0) is 9.59 Å². The fraction of sp³-hybridized carbons (Fsp3) is 0.704. The van der Waals surface area contributed by atoms with E-state index >= 15 is 0 Å². The third-order valence-electron chi connectivity index (χ3n) is 7.45. The first-order valence-electron chi connectivity index (χ1n) is 13.0. The Balaban J connectivity index is 1.86. The van der Waals surface area contributed by atoms with Crippen molar-refractivity contribution in [2.45, 2.75) is 78.2 Å². The van der Waals surface area contributed by atoms with E-state index in [0.717, 1.165) is 57.2 Å². The monoisotopic (exact) mass is 474 g/mol. The van der Waals surface area contributed by atoms with Crippen LogP contribution in [0.3, 0.4) is 0 Å². The summed E-state index contributed by atoms with van der Waals surface area (Å²) in [5, 5.41) is 10.3. The number of hydrogen-bond donors (Lipinski definition) is 1. The first-order valence-corrected chi connectivity index (χ1v) is 13.0. The maximum absolute atomic E-state index is 13.4. The van der Waals surface area contributed by atoms with Gasteiger partial charge in [-0.05, 0) is 42.9 Å². The average molecular weight is 475 g/mol. The molecule has 7 nitrogen and oxygen atoms in total. The molecule has 0 aromatic heterocycles. The molecule has 2 aliphatic rings. The summed E-state index contributed by atoms with van der Waals surface area (Å²) >= 11 is 0. The molecule has 0 bridgehead atoms. The summed E-state index contributed by atoms with van der Waals surface area (Å²) in [6, 6.07) is 5.56. The molecule has 0 aliphatic carbocycles. The molecule has 7 heteroatoms. The minimum atomic E-state index is -0.792. The molecular formula is C27H42N2O5. The van der Waals surface area contributed by atoms with Crippen LogP contribution in [0, 0.1) is 11.8 Å². The van der Waals surface area contributed by atoms with Gasteiger partial charge in [-0.25, -0.2) is 0 Å². The highest BCUT2D eigenvalue weighted by molar-refractivity contribution is 5.79. The van der Waals surface area contributed by atoms with Crippen molar-refractivity contribution in [1.82, 2.24) is 9.80 Å². The van der Waals surface area contributed by atoms with E-state index in [0.29, 0.717) is 24.0 Å². The van der Waals surface area contributed by atoms with Crippen LogP contribution in [0.15, 0.2) is 18.2 Å². The molecule has 0 radical (unpaired) electrons. The molecular weight excluding hydrogens is 432 g/mol. The number of fused-ring (bicyclic) bond motifs is 1. The highest BCUT2D eigenvalue weighted by Crippen LogP contribution is 2.43. The number of nitrogens with zero attached hydrogens (tertiary/aromatic N) is 2. The molecule has 1 unspecified atom stereocenters. The molecule has 1 fully saturated rings. The van der Waals surface area contributed by atoms with Gasteiger partial charge in [0.25, 0.3) is 0 Å². The van der Waals surface area contributed by atoms with Gasteiger partial charge in [0.15, 0.2) is 11.5 Å². The van der Waals surface area contributed by atoms with Gasteiger partial charge in [0.1, 0.15) is 0 Å². The zero-order chi connectivity index (χ0) is 24.7. The van der Waals surface area contributed by atoms with Gasteiger partial charge in [0, 0.05) is 31.6 Å². The highest BCUT2D eigenvalue weighted by atomic mass is 16.7. The van der Waals surface area contributed by atoms with Crippen molar-refractivity contribution in [1.29, 1.82) is 0 Å². The van der Waals surface area contributed by atoms with Crippen LogP contribution in [0.1, 0.15) is 77.7 Å². The Morgan fingerprint density at radius 1 is 1.12 bits per heavy atom. The predicted molar refractivity (Wildman–Crippen MR) is 132 cm³/mol. The van der Waals surface area contributed by atoms with Crippen molar-refractivity contribution in [3.63, 3.8) is 0 Å². The van der Waals surface area contributed by atoms with Crippen molar-refractivity contribution in [2.24, 2.45) is 11.8 Å². The summed E-state index contributed by atoms with van der Waals surface area (Å²) in [6.07, 6.45) is 5.82. The number of carboxylic acid groups (broad SMARTS) is 1. The molecule has 190 valence electrons. The van der Waals surface area contributed by atoms with Crippen molar-refractivity contribution < 1.29 is 24.2 Å². The second-order valence-corrected chi connectivity index (χ2v) is 9.92. The SMILES string of the molecule is CCCCN(CCCC)C(=O)CN1C[C@H](c2ccc3c(c2)OCO3)[C@@H](C(=O)O)[C@@H]1CC(C)CC. The Labute approximate surface area is 204 Å². The molecule has 2 heterocycles. The third kappa shape index (κ3) is 6.23. The number of carbonyl (C=O) groups is 2. The average Bonchev–Trinajstić information content (AvgIpc) is 3.43. The van der Waals surface area contributed by atoms with Gasteiger partial charge < -0.3 is 19.5 Å². The lowest BCUT2D eigenvalue weighted by atomic mass is 9.82. The molecule has 3 rings (SSSR count). The zero-order valence-corrected chi connectivity index (χ0v) is 21.3. The number of likely N-dealkylation sites (tertiary alicyclic amines) is 1. The Morgan fingerprint density at radius 3 is 2.41 bits per heavy atom. The quantitative estimate of drug-likeness (QED) is 0.445. The van der Waals surface area contributed by atoms with E-state index in [1.165, 1.54) is 0 Å². The second kappa shape index (κ2) is 12.4. The smallest absolute Gasteiger partial charge is 0.308 e. The van der Waals surface area contributed by atoms with Crippen LogP contribution < -0.4 is 9.47 Å². The van der Waals surface area contributed by atoms with E-state index in [9.17, 15) is 14.7 Å². The lowest BCUT2D eigenvalue weighted by Gasteiger charge is -2.31. The number of ether oxygens (including phenoxy) is 2. The van der Waals surface area contributed by atoms with Crippen LogP contribution in [0.5, 0.6) is 11.5 Å². The molecule has 0 spiro atoms. The molecule has 4 atom stereocenters. The summed E-state index contributed by atoms with van der Waals surface area (Å²) in [6.45, 7) is 11.1. The molecule has 1 amide bonds. The first-order chi connectivity index (χ1) is 16.4. The van der Waals surface area contributed by atoms with E-state index in [-0.39, 0.29) is 31.2 Å². The summed E-state index contributed by atoms with van der Waals surface area (Å²) in [5.41, 5.74) is 0.939. The number of benzene rings is 1. The molecule has 1 aromatic rings. The number of carbonyl (C=O) groups excluding carboxylic acids is 1. The Bertz CT molecular complexity index is 821. The molecule has 2 aliphatic heterocycles. The van der Waals surface area contributed by atoms with Crippen LogP contribution in [0.4, 0.5) is 0 Å². The normalized spacial score (nSPS) is 22.6. The van der Waals surface area contributed by atoms with Gasteiger partial charge in [0.05, 0.1) is 12.5 Å². The van der Waals surface area contributed by atoms with E-state index < -0.39 is 11.9 Å². The number of amides is 1. The number of carboxylic acids is 1. The van der Waals surface area contributed by atoms with Crippen LogP contribution >= 0.6 is 0 Å². The standard InChI is InChI=1S/C27H42N2O5/c1-5-8-12-28(13-9-6-2)25(30)17-29-16-21(20-10-11-23-24(15-20)34-18-33-23)26(27(31)32)22(29)14-19(4)7-3/h10-11,15,19,21-22,26H,5-9,12-14,16-18H2,1-4H3,(H,31,32)/t19?,21-,22+,26-/m1/s1. The Hall–Kier alpha value is -2.28. The Morgan fingerprint density at radius 2 is 1.79 bits per heavy atom. The van der Waals surface area contributed by atoms with Crippen LogP contribution in [0.25, 0.3) is 0 Å². The fourth-order valence-electron chi connectivity index (χ4n) is 5.18. The topological polar surface area (TPSA) is 79.3 Å². The van der Waals surface area contributed by atoms with E-state index in [2.05, 4.69) is 32.6 Å². The first kappa shape index (κ1) is 26.3. The Kier molecular flexibility index (Phi) is 9.63.